The van der Waals surface area contributed by atoms with Crippen molar-refractivity contribution in [2.45, 2.75) is 44.2 Å². The van der Waals surface area contributed by atoms with Crippen LogP contribution in [0.2, 0.25) is 19.1 Å². The number of unbranched alkanes of at least 4 members (excludes halogenated alkanes) is 1. The Kier molecular flexibility index (Phi) is 5.47. The SMILES string of the molecule is CCCC[Si](C)(C)OS(=O)(=O)C(F)(F)CF. The third-order valence-electron chi connectivity index (χ3n) is 1.99. The van der Waals surface area contributed by atoms with Crippen molar-refractivity contribution in [1.82, 2.24) is 0 Å². The molecule has 0 aliphatic rings. The predicted octanol–water partition coefficient (Wildman–Crippen LogP) is 2.90. The first-order valence-electron chi connectivity index (χ1n) is 4.97. The van der Waals surface area contributed by atoms with Gasteiger partial charge in [-0.25, -0.2) is 4.39 Å². The van der Waals surface area contributed by atoms with Crippen LogP contribution < -0.4 is 0 Å². The highest BCUT2D eigenvalue weighted by molar-refractivity contribution is 7.88. The van der Waals surface area contributed by atoms with Gasteiger partial charge in [0.2, 0.25) is 8.32 Å². The van der Waals surface area contributed by atoms with Crippen LogP contribution in [0.1, 0.15) is 19.8 Å². The quantitative estimate of drug-likeness (QED) is 0.673. The average molecular weight is 278 g/mol. The van der Waals surface area contributed by atoms with Crippen LogP contribution in [0.25, 0.3) is 0 Å². The van der Waals surface area contributed by atoms with Crippen LogP contribution in [0.15, 0.2) is 0 Å². The molecular formula is C8H17F3O3SSi. The molecule has 0 aromatic rings. The van der Waals surface area contributed by atoms with E-state index in [0.717, 1.165) is 6.42 Å². The Bertz CT molecular complexity index is 316. The standard InChI is InChI=1S/C8H17F3O3SSi/c1-4-5-6-16(2,3)14-15(12,13)8(10,11)7-9/h4-7H2,1-3H3. The molecule has 0 N–H and O–H groups in total. The molecule has 0 amide bonds. The molecule has 98 valence electrons. The van der Waals surface area contributed by atoms with Gasteiger partial charge in [-0.1, -0.05) is 19.8 Å². The minimum Gasteiger partial charge on any atom is -0.311 e. The summed E-state index contributed by atoms with van der Waals surface area (Å²) in [5, 5.41) is -4.44. The Morgan fingerprint density at radius 1 is 1.31 bits per heavy atom. The van der Waals surface area contributed by atoms with Gasteiger partial charge in [0, 0.05) is 0 Å². The van der Waals surface area contributed by atoms with Crippen molar-refractivity contribution < 1.29 is 25.5 Å². The van der Waals surface area contributed by atoms with E-state index >= 15 is 0 Å². The van der Waals surface area contributed by atoms with E-state index in [9.17, 15) is 21.6 Å². The summed E-state index contributed by atoms with van der Waals surface area (Å²) in [5.41, 5.74) is 0. The molecule has 0 saturated heterocycles. The van der Waals surface area contributed by atoms with Crippen molar-refractivity contribution in [1.29, 1.82) is 0 Å². The van der Waals surface area contributed by atoms with Crippen molar-refractivity contribution >= 4 is 18.4 Å². The van der Waals surface area contributed by atoms with Crippen molar-refractivity contribution in [3.8, 4) is 0 Å². The molecule has 0 aliphatic heterocycles. The lowest BCUT2D eigenvalue weighted by Crippen LogP contribution is -2.41. The van der Waals surface area contributed by atoms with Crippen molar-refractivity contribution in [2.24, 2.45) is 0 Å². The summed E-state index contributed by atoms with van der Waals surface area (Å²) in [4.78, 5) is 0. The minimum atomic E-state index is -5.14. The van der Waals surface area contributed by atoms with Crippen LogP contribution in [-0.2, 0) is 14.0 Å². The van der Waals surface area contributed by atoms with Crippen LogP contribution in [0.3, 0.4) is 0 Å². The molecule has 0 unspecified atom stereocenters. The fourth-order valence-electron chi connectivity index (χ4n) is 1.07. The molecule has 0 aliphatic carbocycles. The number of hydrogen-bond donors (Lipinski definition) is 0. The van der Waals surface area contributed by atoms with Crippen LogP contribution in [0.5, 0.6) is 0 Å². The van der Waals surface area contributed by atoms with Gasteiger partial charge in [-0.15, -0.1) is 0 Å². The van der Waals surface area contributed by atoms with Gasteiger partial charge in [-0.2, -0.15) is 17.2 Å². The summed E-state index contributed by atoms with van der Waals surface area (Å²) < 4.78 is 64.0. The Balaban J connectivity index is 4.71. The van der Waals surface area contributed by atoms with E-state index in [2.05, 4.69) is 3.87 Å². The Morgan fingerprint density at radius 2 is 1.81 bits per heavy atom. The lowest BCUT2D eigenvalue weighted by molar-refractivity contribution is 0.0534. The maximum absolute atomic E-state index is 12.7. The van der Waals surface area contributed by atoms with Gasteiger partial charge in [0.1, 0.15) is 0 Å². The lowest BCUT2D eigenvalue weighted by atomic mass is 10.4. The van der Waals surface area contributed by atoms with Gasteiger partial charge in [0.25, 0.3) is 0 Å². The largest absolute Gasteiger partial charge is 0.396 e. The maximum Gasteiger partial charge on any atom is 0.396 e. The highest BCUT2D eigenvalue weighted by Gasteiger charge is 2.49. The van der Waals surface area contributed by atoms with Gasteiger partial charge in [-0.05, 0) is 19.1 Å². The molecule has 0 heterocycles. The Morgan fingerprint density at radius 3 is 2.19 bits per heavy atom. The molecule has 0 saturated carbocycles. The monoisotopic (exact) mass is 278 g/mol. The zero-order chi connectivity index (χ0) is 13.0. The summed E-state index contributed by atoms with van der Waals surface area (Å²) in [7, 11) is -7.86. The lowest BCUT2D eigenvalue weighted by Gasteiger charge is -2.24. The second-order valence-corrected chi connectivity index (χ2v) is 10.4. The van der Waals surface area contributed by atoms with E-state index in [4.69, 9.17) is 0 Å². The number of rotatable bonds is 7. The van der Waals surface area contributed by atoms with E-state index in [-0.39, 0.29) is 0 Å². The molecule has 0 spiro atoms. The molecule has 0 rings (SSSR count). The van der Waals surface area contributed by atoms with E-state index in [0.29, 0.717) is 12.5 Å². The van der Waals surface area contributed by atoms with Crippen molar-refractivity contribution in [3.05, 3.63) is 0 Å². The van der Waals surface area contributed by atoms with Gasteiger partial charge < -0.3 is 3.87 Å². The maximum atomic E-state index is 12.7. The molecule has 8 heteroatoms. The number of alkyl halides is 3. The van der Waals surface area contributed by atoms with Crippen LogP contribution in [0, 0.1) is 0 Å². The first kappa shape index (κ1) is 15.9. The Labute approximate surface area is 95.2 Å². The smallest absolute Gasteiger partial charge is 0.311 e. The fourth-order valence-corrected chi connectivity index (χ4v) is 5.60. The Hall–Kier alpha value is -0.0831. The summed E-state index contributed by atoms with van der Waals surface area (Å²) in [5.74, 6) is 0. The summed E-state index contributed by atoms with van der Waals surface area (Å²) in [6, 6.07) is 0.449. The molecule has 0 atom stereocenters. The van der Waals surface area contributed by atoms with Crippen LogP contribution >= 0.6 is 0 Å². The zero-order valence-corrected chi connectivity index (χ0v) is 11.4. The normalized spacial score (nSPS) is 14.1. The van der Waals surface area contributed by atoms with E-state index in [1.807, 2.05) is 6.92 Å². The highest BCUT2D eigenvalue weighted by Crippen LogP contribution is 2.28. The molecule has 0 bridgehead atoms. The molecule has 0 aromatic heterocycles. The number of halogens is 3. The van der Waals surface area contributed by atoms with E-state index < -0.39 is 30.4 Å². The third kappa shape index (κ3) is 4.42. The number of hydrogen-bond acceptors (Lipinski definition) is 3. The predicted molar refractivity (Wildman–Crippen MR) is 58.1 cm³/mol. The molecule has 0 fully saturated rings. The summed E-state index contributed by atoms with van der Waals surface area (Å²) in [6.07, 6.45) is 1.52. The molecule has 0 radical (unpaired) electrons. The summed E-state index contributed by atoms with van der Waals surface area (Å²) in [6.45, 7) is 2.69. The average Bonchev–Trinajstić information content (AvgIpc) is 2.13. The molecule has 16 heavy (non-hydrogen) atoms. The molecular weight excluding hydrogens is 261 g/mol. The van der Waals surface area contributed by atoms with Gasteiger partial charge in [-0.3, -0.25) is 0 Å². The third-order valence-corrected chi connectivity index (χ3v) is 7.07. The van der Waals surface area contributed by atoms with E-state index in [1.54, 1.807) is 0 Å². The molecule has 0 aromatic carbocycles. The van der Waals surface area contributed by atoms with Crippen LogP contribution in [0.4, 0.5) is 13.2 Å². The van der Waals surface area contributed by atoms with Crippen molar-refractivity contribution in [2.75, 3.05) is 6.67 Å². The first-order valence-corrected chi connectivity index (χ1v) is 9.49. The van der Waals surface area contributed by atoms with Crippen molar-refractivity contribution in [3.63, 3.8) is 0 Å². The highest BCUT2D eigenvalue weighted by atomic mass is 32.2. The first-order chi connectivity index (χ1) is 7.08. The second-order valence-electron chi connectivity index (χ2n) is 4.17. The second kappa shape index (κ2) is 5.50. The minimum absolute atomic E-state index is 0.449. The van der Waals surface area contributed by atoms with E-state index in [1.165, 1.54) is 13.1 Å². The topological polar surface area (TPSA) is 43.4 Å². The van der Waals surface area contributed by atoms with Gasteiger partial charge >= 0.3 is 15.4 Å². The van der Waals surface area contributed by atoms with Gasteiger partial charge in [0.05, 0.1) is 0 Å². The van der Waals surface area contributed by atoms with Crippen LogP contribution in [-0.4, -0.2) is 28.7 Å². The van der Waals surface area contributed by atoms with Gasteiger partial charge in [0.15, 0.2) is 6.67 Å². The summed E-state index contributed by atoms with van der Waals surface area (Å²) >= 11 is 0. The zero-order valence-electron chi connectivity index (χ0n) is 9.60. The fraction of sp³-hybridized carbons (Fsp3) is 1.00. The molecule has 3 nitrogen and oxygen atoms in total.